The Morgan fingerprint density at radius 1 is 1.47 bits per heavy atom. The summed E-state index contributed by atoms with van der Waals surface area (Å²) >= 11 is 0. The van der Waals surface area contributed by atoms with Gasteiger partial charge in [0.25, 0.3) is 0 Å². The normalized spacial score (nSPS) is 21.9. The minimum atomic E-state index is 0.0986. The molecule has 1 aromatic heterocycles. The Bertz CT molecular complexity index is 316. The molecule has 1 atom stereocenters. The van der Waals surface area contributed by atoms with Crippen molar-refractivity contribution in [1.82, 2.24) is 5.16 Å². The standard InChI is InChI=1S/C11H18N2O2/c1-8-9(5-6-12)11(15-13-8)10-4-2-3-7-14-10/h10H,2-7,12H2,1H3. The average molecular weight is 210 g/mol. The second kappa shape index (κ2) is 4.77. The lowest BCUT2D eigenvalue weighted by Gasteiger charge is -2.21. The third-order valence-electron chi connectivity index (χ3n) is 2.88. The first-order valence-corrected chi connectivity index (χ1v) is 5.59. The van der Waals surface area contributed by atoms with Crippen LogP contribution in [0.2, 0.25) is 0 Å². The van der Waals surface area contributed by atoms with Crippen molar-refractivity contribution in [1.29, 1.82) is 0 Å². The van der Waals surface area contributed by atoms with Gasteiger partial charge >= 0.3 is 0 Å². The summed E-state index contributed by atoms with van der Waals surface area (Å²) < 4.78 is 11.0. The monoisotopic (exact) mass is 210 g/mol. The van der Waals surface area contributed by atoms with Gasteiger partial charge in [0.1, 0.15) is 6.10 Å². The summed E-state index contributed by atoms with van der Waals surface area (Å²) in [6, 6.07) is 0. The van der Waals surface area contributed by atoms with E-state index in [9.17, 15) is 0 Å². The van der Waals surface area contributed by atoms with Crippen LogP contribution in [0, 0.1) is 6.92 Å². The van der Waals surface area contributed by atoms with E-state index in [0.717, 1.165) is 42.9 Å². The van der Waals surface area contributed by atoms with E-state index in [2.05, 4.69) is 5.16 Å². The summed E-state index contributed by atoms with van der Waals surface area (Å²) in [5.41, 5.74) is 7.67. The Morgan fingerprint density at radius 3 is 3.00 bits per heavy atom. The molecule has 2 heterocycles. The van der Waals surface area contributed by atoms with Crippen molar-refractivity contribution in [2.45, 2.75) is 38.7 Å². The van der Waals surface area contributed by atoms with E-state index in [1.807, 2.05) is 6.92 Å². The summed E-state index contributed by atoms with van der Waals surface area (Å²) in [6.45, 7) is 3.41. The maximum Gasteiger partial charge on any atom is 0.168 e. The van der Waals surface area contributed by atoms with Crippen LogP contribution in [0.15, 0.2) is 4.52 Å². The van der Waals surface area contributed by atoms with Gasteiger partial charge in [0, 0.05) is 12.2 Å². The molecule has 0 bridgehead atoms. The van der Waals surface area contributed by atoms with Crippen LogP contribution in [-0.2, 0) is 11.2 Å². The number of aryl methyl sites for hydroxylation is 1. The zero-order chi connectivity index (χ0) is 10.7. The van der Waals surface area contributed by atoms with Crippen molar-refractivity contribution in [2.24, 2.45) is 5.73 Å². The summed E-state index contributed by atoms with van der Waals surface area (Å²) in [5.74, 6) is 0.901. The lowest BCUT2D eigenvalue weighted by atomic mass is 10.0. The summed E-state index contributed by atoms with van der Waals surface area (Å²) in [4.78, 5) is 0. The second-order valence-electron chi connectivity index (χ2n) is 4.00. The molecule has 0 saturated carbocycles. The van der Waals surface area contributed by atoms with Gasteiger partial charge in [-0.3, -0.25) is 0 Å². The van der Waals surface area contributed by atoms with Gasteiger partial charge in [-0.2, -0.15) is 0 Å². The van der Waals surface area contributed by atoms with E-state index in [4.69, 9.17) is 15.0 Å². The van der Waals surface area contributed by atoms with E-state index in [-0.39, 0.29) is 6.10 Å². The molecule has 1 aliphatic heterocycles. The Morgan fingerprint density at radius 2 is 2.33 bits per heavy atom. The number of nitrogens with zero attached hydrogens (tertiary/aromatic N) is 1. The number of hydrogen-bond acceptors (Lipinski definition) is 4. The molecule has 2 rings (SSSR count). The fourth-order valence-electron chi connectivity index (χ4n) is 2.06. The molecular weight excluding hydrogens is 192 g/mol. The number of aromatic nitrogens is 1. The first-order valence-electron chi connectivity index (χ1n) is 5.59. The number of nitrogens with two attached hydrogens (primary N) is 1. The quantitative estimate of drug-likeness (QED) is 0.825. The first-order chi connectivity index (χ1) is 7.33. The topological polar surface area (TPSA) is 61.3 Å². The predicted molar refractivity (Wildman–Crippen MR) is 56.5 cm³/mol. The minimum Gasteiger partial charge on any atom is -0.370 e. The molecule has 4 nitrogen and oxygen atoms in total. The lowest BCUT2D eigenvalue weighted by molar-refractivity contribution is -0.00199. The highest BCUT2D eigenvalue weighted by Gasteiger charge is 2.24. The van der Waals surface area contributed by atoms with Gasteiger partial charge in [-0.1, -0.05) is 5.16 Å². The van der Waals surface area contributed by atoms with Gasteiger partial charge in [0.05, 0.1) is 5.69 Å². The molecule has 15 heavy (non-hydrogen) atoms. The Labute approximate surface area is 89.8 Å². The molecule has 1 fully saturated rings. The van der Waals surface area contributed by atoms with Gasteiger partial charge < -0.3 is 15.0 Å². The first kappa shape index (κ1) is 10.6. The number of hydrogen-bond donors (Lipinski definition) is 1. The van der Waals surface area contributed by atoms with Crippen LogP contribution < -0.4 is 5.73 Å². The van der Waals surface area contributed by atoms with Crippen LogP contribution >= 0.6 is 0 Å². The van der Waals surface area contributed by atoms with Crippen molar-refractivity contribution in [3.05, 3.63) is 17.0 Å². The smallest absolute Gasteiger partial charge is 0.168 e. The van der Waals surface area contributed by atoms with E-state index < -0.39 is 0 Å². The third kappa shape index (κ3) is 2.21. The molecule has 84 valence electrons. The van der Waals surface area contributed by atoms with Crippen molar-refractivity contribution >= 4 is 0 Å². The minimum absolute atomic E-state index is 0.0986. The summed E-state index contributed by atoms with van der Waals surface area (Å²) in [7, 11) is 0. The van der Waals surface area contributed by atoms with Gasteiger partial charge in [-0.25, -0.2) is 0 Å². The Balaban J connectivity index is 2.18. The van der Waals surface area contributed by atoms with Crippen LogP contribution in [0.5, 0.6) is 0 Å². The molecule has 0 aromatic carbocycles. The molecule has 1 aromatic rings. The van der Waals surface area contributed by atoms with Crippen LogP contribution in [0.3, 0.4) is 0 Å². The van der Waals surface area contributed by atoms with E-state index in [1.54, 1.807) is 0 Å². The van der Waals surface area contributed by atoms with Gasteiger partial charge in [0.15, 0.2) is 5.76 Å². The average Bonchev–Trinajstić information content (AvgIpc) is 2.63. The van der Waals surface area contributed by atoms with Crippen molar-refractivity contribution in [2.75, 3.05) is 13.2 Å². The fraction of sp³-hybridized carbons (Fsp3) is 0.727. The van der Waals surface area contributed by atoms with Crippen molar-refractivity contribution in [3.63, 3.8) is 0 Å². The molecule has 1 unspecified atom stereocenters. The Hall–Kier alpha value is -0.870. The summed E-state index contributed by atoms with van der Waals surface area (Å²) in [5, 5.41) is 4.00. The zero-order valence-corrected chi connectivity index (χ0v) is 9.16. The van der Waals surface area contributed by atoms with Crippen LogP contribution in [0.1, 0.15) is 42.4 Å². The predicted octanol–water partition coefficient (Wildman–Crippen LogP) is 1.73. The van der Waals surface area contributed by atoms with Crippen molar-refractivity contribution < 1.29 is 9.26 Å². The lowest BCUT2D eigenvalue weighted by Crippen LogP contribution is -2.14. The molecule has 4 heteroatoms. The highest BCUT2D eigenvalue weighted by atomic mass is 16.5. The molecular formula is C11H18N2O2. The van der Waals surface area contributed by atoms with Gasteiger partial charge in [-0.15, -0.1) is 0 Å². The van der Waals surface area contributed by atoms with E-state index in [1.165, 1.54) is 6.42 Å². The molecule has 0 aliphatic carbocycles. The van der Waals surface area contributed by atoms with E-state index >= 15 is 0 Å². The fourth-order valence-corrected chi connectivity index (χ4v) is 2.06. The highest BCUT2D eigenvalue weighted by molar-refractivity contribution is 5.24. The molecule has 2 N–H and O–H groups in total. The molecule has 1 aliphatic rings. The van der Waals surface area contributed by atoms with Crippen LogP contribution in [-0.4, -0.2) is 18.3 Å². The van der Waals surface area contributed by atoms with Gasteiger partial charge in [-0.05, 0) is 39.2 Å². The highest BCUT2D eigenvalue weighted by Crippen LogP contribution is 2.31. The molecule has 0 spiro atoms. The SMILES string of the molecule is Cc1noc(C2CCCCO2)c1CCN. The second-order valence-corrected chi connectivity index (χ2v) is 4.00. The van der Waals surface area contributed by atoms with Crippen molar-refractivity contribution in [3.8, 4) is 0 Å². The largest absolute Gasteiger partial charge is 0.370 e. The molecule has 1 saturated heterocycles. The summed E-state index contributed by atoms with van der Waals surface area (Å²) in [6.07, 6.45) is 4.31. The van der Waals surface area contributed by atoms with E-state index in [0.29, 0.717) is 6.54 Å². The van der Waals surface area contributed by atoms with Crippen LogP contribution in [0.4, 0.5) is 0 Å². The zero-order valence-electron chi connectivity index (χ0n) is 9.16. The molecule has 0 amide bonds. The number of ether oxygens (including phenoxy) is 1. The third-order valence-corrected chi connectivity index (χ3v) is 2.88. The van der Waals surface area contributed by atoms with Crippen LogP contribution in [0.25, 0.3) is 0 Å². The van der Waals surface area contributed by atoms with Gasteiger partial charge in [0.2, 0.25) is 0 Å². The molecule has 0 radical (unpaired) electrons. The Kier molecular flexibility index (Phi) is 3.38. The number of rotatable bonds is 3. The maximum absolute atomic E-state index is 5.69. The maximum atomic E-state index is 5.69.